The predicted molar refractivity (Wildman–Crippen MR) is 74.7 cm³/mol. The van der Waals surface area contributed by atoms with Crippen LogP contribution in [0.2, 0.25) is 0 Å². The van der Waals surface area contributed by atoms with Gasteiger partial charge in [-0.1, -0.05) is 36.4 Å². The molecule has 1 fully saturated rings. The Morgan fingerprint density at radius 1 is 1.21 bits per heavy atom. The van der Waals surface area contributed by atoms with Crippen LogP contribution in [0.4, 0.5) is 0 Å². The molecule has 0 radical (unpaired) electrons. The number of fused-ring (bicyclic) bond motifs is 1. The van der Waals surface area contributed by atoms with Crippen molar-refractivity contribution in [1.82, 2.24) is 4.90 Å². The maximum Gasteiger partial charge on any atom is 0.225 e. The van der Waals surface area contributed by atoms with Crippen LogP contribution in [0.15, 0.2) is 42.5 Å². The number of hydrogen-bond donors (Lipinski definition) is 1. The molecule has 0 spiro atoms. The molecular weight excluding hydrogens is 238 g/mol. The predicted octanol–water partition coefficient (Wildman–Crippen LogP) is 2.49. The third kappa shape index (κ3) is 2.22. The number of likely N-dealkylation sites (tertiary alicyclic amines) is 1. The SMILES string of the molecule is CC(c1ccc2ccccc2c1)N1CC(O)CC1=O. The molecule has 1 N–H and O–H groups in total. The van der Waals surface area contributed by atoms with Crippen molar-refractivity contribution >= 4 is 16.7 Å². The molecule has 0 aromatic heterocycles. The zero-order valence-electron chi connectivity index (χ0n) is 10.9. The molecule has 2 aromatic rings. The van der Waals surface area contributed by atoms with Crippen LogP contribution in [0.1, 0.15) is 24.9 Å². The minimum Gasteiger partial charge on any atom is -0.391 e. The molecule has 98 valence electrons. The summed E-state index contributed by atoms with van der Waals surface area (Å²) in [6, 6.07) is 14.5. The summed E-state index contributed by atoms with van der Waals surface area (Å²) in [5.74, 6) is 0.0353. The summed E-state index contributed by atoms with van der Waals surface area (Å²) in [4.78, 5) is 13.6. The molecule has 2 unspecified atom stereocenters. The molecule has 1 aliphatic heterocycles. The highest BCUT2D eigenvalue weighted by Crippen LogP contribution is 2.28. The van der Waals surface area contributed by atoms with E-state index in [0.717, 1.165) is 5.56 Å². The number of rotatable bonds is 2. The first-order valence-corrected chi connectivity index (χ1v) is 6.61. The molecule has 3 nitrogen and oxygen atoms in total. The van der Waals surface area contributed by atoms with Gasteiger partial charge in [0.1, 0.15) is 0 Å². The molecule has 2 atom stereocenters. The van der Waals surface area contributed by atoms with Crippen LogP contribution >= 0.6 is 0 Å². The van der Waals surface area contributed by atoms with Crippen LogP contribution in [0.5, 0.6) is 0 Å². The molecule has 1 aliphatic rings. The minimum absolute atomic E-state index is 0.00857. The first-order valence-electron chi connectivity index (χ1n) is 6.61. The average molecular weight is 255 g/mol. The fourth-order valence-electron chi connectivity index (χ4n) is 2.73. The Hall–Kier alpha value is -1.87. The Labute approximate surface area is 112 Å². The van der Waals surface area contributed by atoms with Crippen molar-refractivity contribution < 1.29 is 9.90 Å². The van der Waals surface area contributed by atoms with Gasteiger partial charge in [-0.15, -0.1) is 0 Å². The van der Waals surface area contributed by atoms with E-state index in [1.54, 1.807) is 4.90 Å². The molecular formula is C16H17NO2. The van der Waals surface area contributed by atoms with E-state index in [1.165, 1.54) is 10.8 Å². The molecule has 2 aromatic carbocycles. The first-order chi connectivity index (χ1) is 9.15. The summed E-state index contributed by atoms with van der Waals surface area (Å²) in [5, 5.41) is 12.0. The number of hydrogen-bond acceptors (Lipinski definition) is 2. The smallest absolute Gasteiger partial charge is 0.225 e. The van der Waals surface area contributed by atoms with Crippen LogP contribution in [0.25, 0.3) is 10.8 Å². The van der Waals surface area contributed by atoms with Gasteiger partial charge in [-0.3, -0.25) is 4.79 Å². The first kappa shape index (κ1) is 12.2. The van der Waals surface area contributed by atoms with Crippen molar-refractivity contribution in [1.29, 1.82) is 0 Å². The number of β-amino-alcohol motifs (C(OH)–C–C–N with tert-alkyl or cyclic N) is 1. The van der Waals surface area contributed by atoms with Gasteiger partial charge in [0.15, 0.2) is 0 Å². The second kappa shape index (κ2) is 4.67. The molecule has 1 heterocycles. The summed E-state index contributed by atoms with van der Waals surface area (Å²) < 4.78 is 0. The van der Waals surface area contributed by atoms with Crippen molar-refractivity contribution in [3.05, 3.63) is 48.0 Å². The third-order valence-corrected chi connectivity index (χ3v) is 3.86. The van der Waals surface area contributed by atoms with Crippen molar-refractivity contribution in [2.75, 3.05) is 6.54 Å². The lowest BCUT2D eigenvalue weighted by molar-refractivity contribution is -0.129. The fraction of sp³-hybridized carbons (Fsp3) is 0.312. The van der Waals surface area contributed by atoms with Gasteiger partial charge in [-0.25, -0.2) is 0 Å². The minimum atomic E-state index is -0.518. The Bertz CT molecular complexity index is 623. The van der Waals surface area contributed by atoms with E-state index in [9.17, 15) is 9.90 Å². The van der Waals surface area contributed by atoms with Gasteiger partial charge in [-0.05, 0) is 29.3 Å². The van der Waals surface area contributed by atoms with Gasteiger partial charge in [0.25, 0.3) is 0 Å². The standard InChI is InChI=1S/C16H17NO2/c1-11(17-10-15(18)9-16(17)19)13-7-6-12-4-2-3-5-14(12)8-13/h2-8,11,15,18H,9-10H2,1H3. The zero-order valence-corrected chi connectivity index (χ0v) is 10.9. The maximum absolute atomic E-state index is 11.8. The Balaban J connectivity index is 1.93. The van der Waals surface area contributed by atoms with Crippen molar-refractivity contribution in [2.45, 2.75) is 25.5 Å². The van der Waals surface area contributed by atoms with Gasteiger partial charge in [0.05, 0.1) is 18.6 Å². The van der Waals surface area contributed by atoms with E-state index in [0.29, 0.717) is 6.54 Å². The molecule has 0 aliphatic carbocycles. The van der Waals surface area contributed by atoms with Gasteiger partial charge < -0.3 is 10.0 Å². The van der Waals surface area contributed by atoms with Gasteiger partial charge in [-0.2, -0.15) is 0 Å². The second-order valence-corrected chi connectivity index (χ2v) is 5.19. The molecule has 0 saturated carbocycles. The van der Waals surface area contributed by atoms with Gasteiger partial charge in [0.2, 0.25) is 5.91 Å². The zero-order chi connectivity index (χ0) is 13.4. The number of nitrogens with zero attached hydrogens (tertiary/aromatic N) is 1. The number of aliphatic hydroxyl groups is 1. The van der Waals surface area contributed by atoms with Crippen LogP contribution in [-0.2, 0) is 4.79 Å². The number of carbonyl (C=O) groups excluding carboxylic acids is 1. The van der Waals surface area contributed by atoms with Gasteiger partial charge in [0, 0.05) is 6.54 Å². The molecule has 3 heteroatoms. The van der Waals surface area contributed by atoms with E-state index in [2.05, 4.69) is 30.3 Å². The quantitative estimate of drug-likeness (QED) is 0.895. The van der Waals surface area contributed by atoms with E-state index in [-0.39, 0.29) is 18.4 Å². The summed E-state index contributed by atoms with van der Waals surface area (Å²) in [5.41, 5.74) is 1.11. The fourth-order valence-corrected chi connectivity index (χ4v) is 2.73. The highest BCUT2D eigenvalue weighted by atomic mass is 16.3. The molecule has 3 rings (SSSR count). The molecule has 1 amide bonds. The van der Waals surface area contributed by atoms with E-state index >= 15 is 0 Å². The lowest BCUT2D eigenvalue weighted by Crippen LogP contribution is -2.29. The summed E-state index contributed by atoms with van der Waals surface area (Å²) in [6.45, 7) is 2.45. The van der Waals surface area contributed by atoms with E-state index < -0.39 is 6.10 Å². The Kier molecular flexibility index (Phi) is 2.99. The normalized spacial score (nSPS) is 21.1. The van der Waals surface area contributed by atoms with Crippen molar-refractivity contribution in [3.8, 4) is 0 Å². The topological polar surface area (TPSA) is 40.5 Å². The van der Waals surface area contributed by atoms with Crippen LogP contribution in [0, 0.1) is 0 Å². The van der Waals surface area contributed by atoms with E-state index in [4.69, 9.17) is 0 Å². The summed E-state index contributed by atoms with van der Waals surface area (Å²) >= 11 is 0. The third-order valence-electron chi connectivity index (χ3n) is 3.86. The van der Waals surface area contributed by atoms with E-state index in [1.807, 2.05) is 19.1 Å². The lowest BCUT2D eigenvalue weighted by Gasteiger charge is -2.25. The monoisotopic (exact) mass is 255 g/mol. The number of amides is 1. The number of aliphatic hydroxyl groups excluding tert-OH is 1. The number of benzene rings is 2. The lowest BCUT2D eigenvalue weighted by atomic mass is 10.0. The Morgan fingerprint density at radius 3 is 2.63 bits per heavy atom. The van der Waals surface area contributed by atoms with Gasteiger partial charge >= 0.3 is 0 Å². The Morgan fingerprint density at radius 2 is 1.95 bits per heavy atom. The van der Waals surface area contributed by atoms with Crippen LogP contribution < -0.4 is 0 Å². The number of carbonyl (C=O) groups is 1. The summed E-state index contributed by atoms with van der Waals surface area (Å²) in [6.07, 6.45) is -0.270. The molecule has 0 bridgehead atoms. The van der Waals surface area contributed by atoms with Crippen molar-refractivity contribution in [2.24, 2.45) is 0 Å². The maximum atomic E-state index is 11.8. The highest BCUT2D eigenvalue weighted by molar-refractivity contribution is 5.83. The van der Waals surface area contributed by atoms with Crippen molar-refractivity contribution in [3.63, 3.8) is 0 Å². The average Bonchev–Trinajstić information content (AvgIpc) is 2.76. The second-order valence-electron chi connectivity index (χ2n) is 5.19. The summed E-state index contributed by atoms with van der Waals surface area (Å²) in [7, 11) is 0. The molecule has 1 saturated heterocycles. The van der Waals surface area contributed by atoms with Crippen LogP contribution in [-0.4, -0.2) is 28.6 Å². The highest BCUT2D eigenvalue weighted by Gasteiger charge is 2.31. The largest absolute Gasteiger partial charge is 0.391 e. The van der Waals surface area contributed by atoms with Crippen LogP contribution in [0.3, 0.4) is 0 Å². The molecule has 19 heavy (non-hydrogen) atoms.